The third-order valence-electron chi connectivity index (χ3n) is 3.37. The van der Waals surface area contributed by atoms with Gasteiger partial charge in [0, 0.05) is 11.3 Å². The Kier molecular flexibility index (Phi) is 8.06. The maximum atomic E-state index is 12.4. The molecule has 0 saturated heterocycles. The Morgan fingerprint density at radius 3 is 2.48 bits per heavy atom. The molecule has 5 nitrogen and oxygen atoms in total. The van der Waals surface area contributed by atoms with Crippen LogP contribution in [0.15, 0.2) is 46.9 Å². The molecule has 7 heteroatoms. The number of rotatable bonds is 7. The first-order chi connectivity index (χ1) is 12.9. The number of carbonyl (C=O) groups is 1. The van der Waals surface area contributed by atoms with E-state index < -0.39 is 0 Å². The van der Waals surface area contributed by atoms with Crippen LogP contribution in [0.1, 0.15) is 37.6 Å². The fraction of sp³-hybridized carbons (Fsp3) is 0.300. The van der Waals surface area contributed by atoms with Gasteiger partial charge in [-0.15, -0.1) is 0 Å². The van der Waals surface area contributed by atoms with Crippen molar-refractivity contribution in [3.8, 4) is 11.5 Å². The van der Waals surface area contributed by atoms with Crippen molar-refractivity contribution < 1.29 is 14.3 Å². The van der Waals surface area contributed by atoms with Crippen molar-refractivity contribution in [2.75, 3.05) is 11.9 Å². The summed E-state index contributed by atoms with van der Waals surface area (Å²) in [7, 11) is 0. The smallest absolute Gasteiger partial charge is 0.257 e. The van der Waals surface area contributed by atoms with E-state index in [1.54, 1.807) is 18.2 Å². The van der Waals surface area contributed by atoms with Gasteiger partial charge in [0.2, 0.25) is 0 Å². The van der Waals surface area contributed by atoms with Gasteiger partial charge >= 0.3 is 0 Å². The number of amides is 1. The van der Waals surface area contributed by atoms with E-state index in [0.29, 0.717) is 22.4 Å². The fourth-order valence-electron chi connectivity index (χ4n) is 2.18. The molecule has 2 N–H and O–H groups in total. The topological polar surface area (TPSA) is 59.6 Å². The molecule has 2 aromatic carbocycles. The van der Waals surface area contributed by atoms with Crippen molar-refractivity contribution >= 4 is 44.9 Å². The van der Waals surface area contributed by atoms with Crippen LogP contribution >= 0.6 is 28.1 Å². The van der Waals surface area contributed by atoms with E-state index in [1.165, 1.54) is 0 Å². The van der Waals surface area contributed by atoms with E-state index in [1.807, 2.05) is 38.1 Å². The summed E-state index contributed by atoms with van der Waals surface area (Å²) in [6.07, 6.45) is 1.01. The first-order valence-corrected chi connectivity index (χ1v) is 9.90. The molecule has 0 aliphatic rings. The van der Waals surface area contributed by atoms with Crippen molar-refractivity contribution in [2.45, 2.75) is 33.3 Å². The monoisotopic (exact) mass is 450 g/mol. The van der Waals surface area contributed by atoms with Crippen molar-refractivity contribution in [3.05, 3.63) is 52.5 Å². The minimum Gasteiger partial charge on any atom is -0.494 e. The predicted molar refractivity (Wildman–Crippen MR) is 116 cm³/mol. The number of hydrogen-bond donors (Lipinski definition) is 2. The van der Waals surface area contributed by atoms with Crippen molar-refractivity contribution in [1.29, 1.82) is 0 Å². The standard InChI is InChI=1S/C20H23BrN2O3S/c1-4-11-25-16-8-6-15(7-9-16)22-20(27)23-19(24)14-5-10-18(17(21)12-14)26-13(2)3/h5-10,12-13H,4,11H2,1-3H3,(H2,22,23,24,27). The van der Waals surface area contributed by atoms with Gasteiger partial charge in [-0.05, 0) is 90.9 Å². The van der Waals surface area contributed by atoms with Crippen LogP contribution in [-0.4, -0.2) is 23.7 Å². The molecule has 0 bridgehead atoms. The number of anilines is 1. The summed E-state index contributed by atoms with van der Waals surface area (Å²) in [5.41, 5.74) is 1.25. The number of benzene rings is 2. The Balaban J connectivity index is 1.93. The summed E-state index contributed by atoms with van der Waals surface area (Å²) < 4.78 is 11.9. The normalized spacial score (nSPS) is 10.4. The number of nitrogens with one attached hydrogen (secondary N) is 2. The predicted octanol–water partition coefficient (Wildman–Crippen LogP) is 5.15. The molecule has 0 unspecified atom stereocenters. The van der Waals surface area contributed by atoms with Crippen LogP contribution in [0.25, 0.3) is 0 Å². The van der Waals surface area contributed by atoms with Gasteiger partial charge in [-0.25, -0.2) is 0 Å². The molecule has 144 valence electrons. The second-order valence-electron chi connectivity index (χ2n) is 6.09. The minimum atomic E-state index is -0.299. The lowest BCUT2D eigenvalue weighted by Gasteiger charge is -2.13. The Morgan fingerprint density at radius 2 is 1.89 bits per heavy atom. The van der Waals surface area contributed by atoms with Gasteiger partial charge < -0.3 is 14.8 Å². The summed E-state index contributed by atoms with van der Waals surface area (Å²) in [6, 6.07) is 12.6. The summed E-state index contributed by atoms with van der Waals surface area (Å²) in [5.74, 6) is 1.19. The molecule has 0 aliphatic carbocycles. The van der Waals surface area contributed by atoms with Gasteiger partial charge in [0.1, 0.15) is 11.5 Å². The molecule has 0 radical (unpaired) electrons. The number of carbonyl (C=O) groups excluding carboxylic acids is 1. The quantitative estimate of drug-likeness (QED) is 0.570. The van der Waals surface area contributed by atoms with Crippen LogP contribution in [0.2, 0.25) is 0 Å². The van der Waals surface area contributed by atoms with E-state index in [0.717, 1.165) is 17.9 Å². The van der Waals surface area contributed by atoms with E-state index in [4.69, 9.17) is 21.7 Å². The summed E-state index contributed by atoms with van der Waals surface area (Å²) >= 11 is 8.64. The van der Waals surface area contributed by atoms with Gasteiger partial charge in [-0.1, -0.05) is 6.92 Å². The van der Waals surface area contributed by atoms with Crippen LogP contribution in [0.5, 0.6) is 11.5 Å². The molecule has 2 aromatic rings. The van der Waals surface area contributed by atoms with Crippen molar-refractivity contribution in [2.24, 2.45) is 0 Å². The summed E-state index contributed by atoms with van der Waals surface area (Å²) in [4.78, 5) is 12.4. The number of halogens is 1. The van der Waals surface area contributed by atoms with Gasteiger partial charge in [0.25, 0.3) is 5.91 Å². The van der Waals surface area contributed by atoms with Crippen LogP contribution in [0.4, 0.5) is 5.69 Å². The Bertz CT molecular complexity index is 794. The van der Waals surface area contributed by atoms with Gasteiger partial charge in [0.05, 0.1) is 17.2 Å². The second-order valence-corrected chi connectivity index (χ2v) is 7.36. The summed E-state index contributed by atoms with van der Waals surface area (Å²) in [6.45, 7) is 6.62. The first-order valence-electron chi connectivity index (χ1n) is 8.70. The molecule has 0 fully saturated rings. The lowest BCUT2D eigenvalue weighted by atomic mass is 10.2. The van der Waals surface area contributed by atoms with Gasteiger partial charge in [-0.2, -0.15) is 0 Å². The van der Waals surface area contributed by atoms with E-state index in [2.05, 4.69) is 33.5 Å². The van der Waals surface area contributed by atoms with Gasteiger partial charge in [0.15, 0.2) is 5.11 Å². The zero-order valence-electron chi connectivity index (χ0n) is 15.5. The molecule has 0 aliphatic heterocycles. The molecule has 27 heavy (non-hydrogen) atoms. The number of thiocarbonyl (C=S) groups is 1. The van der Waals surface area contributed by atoms with Gasteiger partial charge in [-0.3, -0.25) is 10.1 Å². The molecule has 0 atom stereocenters. The van der Waals surface area contributed by atoms with E-state index >= 15 is 0 Å². The first kappa shape index (κ1) is 21.2. The molecular weight excluding hydrogens is 428 g/mol. The highest BCUT2D eigenvalue weighted by molar-refractivity contribution is 9.10. The lowest BCUT2D eigenvalue weighted by molar-refractivity contribution is 0.0977. The molecule has 0 heterocycles. The highest BCUT2D eigenvalue weighted by Crippen LogP contribution is 2.27. The molecule has 1 amide bonds. The average Bonchev–Trinajstić information content (AvgIpc) is 2.62. The Hall–Kier alpha value is -2.12. The maximum absolute atomic E-state index is 12.4. The molecule has 0 saturated carbocycles. The molecule has 0 aromatic heterocycles. The van der Waals surface area contributed by atoms with Crippen LogP contribution in [0, 0.1) is 0 Å². The van der Waals surface area contributed by atoms with E-state index in [-0.39, 0.29) is 17.1 Å². The van der Waals surface area contributed by atoms with Crippen LogP contribution in [-0.2, 0) is 0 Å². The fourth-order valence-corrected chi connectivity index (χ4v) is 2.87. The third-order valence-corrected chi connectivity index (χ3v) is 4.19. The zero-order chi connectivity index (χ0) is 19.8. The maximum Gasteiger partial charge on any atom is 0.257 e. The molecule has 2 rings (SSSR count). The molecule has 0 spiro atoms. The summed E-state index contributed by atoms with van der Waals surface area (Å²) in [5, 5.41) is 5.88. The number of ether oxygens (including phenoxy) is 2. The zero-order valence-corrected chi connectivity index (χ0v) is 17.9. The highest BCUT2D eigenvalue weighted by atomic mass is 79.9. The van der Waals surface area contributed by atoms with Crippen molar-refractivity contribution in [1.82, 2.24) is 5.32 Å². The third kappa shape index (κ3) is 6.84. The van der Waals surface area contributed by atoms with Crippen LogP contribution in [0.3, 0.4) is 0 Å². The molecular formula is C20H23BrN2O3S. The highest BCUT2D eigenvalue weighted by Gasteiger charge is 2.12. The van der Waals surface area contributed by atoms with Crippen LogP contribution < -0.4 is 20.1 Å². The second kappa shape index (κ2) is 10.3. The lowest BCUT2D eigenvalue weighted by Crippen LogP contribution is -2.34. The Morgan fingerprint density at radius 1 is 1.19 bits per heavy atom. The minimum absolute atomic E-state index is 0.0523. The Labute approximate surface area is 173 Å². The average molecular weight is 451 g/mol. The van der Waals surface area contributed by atoms with Crippen molar-refractivity contribution in [3.63, 3.8) is 0 Å². The largest absolute Gasteiger partial charge is 0.494 e. The SMILES string of the molecule is CCCOc1ccc(NC(=S)NC(=O)c2ccc(OC(C)C)c(Br)c2)cc1. The van der Waals surface area contributed by atoms with E-state index in [9.17, 15) is 4.79 Å². The number of hydrogen-bond acceptors (Lipinski definition) is 4.